The summed E-state index contributed by atoms with van der Waals surface area (Å²) < 4.78 is 30.2. The van der Waals surface area contributed by atoms with Crippen LogP contribution < -0.4 is 10.1 Å². The van der Waals surface area contributed by atoms with E-state index in [1.165, 1.54) is 23.5 Å². The van der Waals surface area contributed by atoms with Crippen molar-refractivity contribution in [1.29, 1.82) is 5.26 Å². The molecule has 1 N–H and O–H groups in total. The fourth-order valence-corrected chi connectivity index (χ4v) is 6.02. The molecule has 5 rings (SSSR count). The van der Waals surface area contributed by atoms with Crippen molar-refractivity contribution in [3.63, 3.8) is 0 Å². The number of aromatic nitrogens is 1. The number of alkyl halides is 2. The number of nitrogens with one attached hydrogen (secondary N) is 1. The van der Waals surface area contributed by atoms with Gasteiger partial charge in [-0.05, 0) is 46.2 Å². The number of thiazole rings is 1. The van der Waals surface area contributed by atoms with Crippen LogP contribution in [0.15, 0.2) is 72.8 Å². The molecule has 4 aromatic rings. The number of nitriles is 1. The number of hydrogen-bond acceptors (Lipinski definition) is 6. The molecule has 2 heterocycles. The number of carbonyl (C=O) groups excluding carboxylic acids is 1. The van der Waals surface area contributed by atoms with Gasteiger partial charge in [0.25, 0.3) is 0 Å². The molecule has 0 bridgehead atoms. The predicted molar refractivity (Wildman–Crippen MR) is 158 cm³/mol. The van der Waals surface area contributed by atoms with Gasteiger partial charge in [0.2, 0.25) is 5.91 Å². The van der Waals surface area contributed by atoms with E-state index >= 15 is 0 Å². The molecular weight excluding hydrogens is 556 g/mol. The highest BCUT2D eigenvalue weighted by Gasteiger charge is 2.36. The lowest BCUT2D eigenvalue weighted by Crippen LogP contribution is -2.26. The van der Waals surface area contributed by atoms with Gasteiger partial charge in [0, 0.05) is 30.1 Å². The molecule has 1 aliphatic rings. The standard InChI is InChI=1S/C32H27F2N5O2S/c1-20(2)30-29-27(19-39(30)18-23-12-13-24(16-35)26(14-23)41-31(33)34)42-32(38-29)37-28(40)15-21-8-10-22(11-9-21)17-36-25-6-4-3-5-7-25/h3-14,20,30-31H,15,18-19H2,1-2H3/p+1/t30-/m0/s1. The van der Waals surface area contributed by atoms with Gasteiger partial charge in [-0.25, -0.2) is 4.98 Å². The second-order valence-electron chi connectivity index (χ2n) is 10.2. The van der Waals surface area contributed by atoms with Gasteiger partial charge < -0.3 is 10.1 Å². The minimum absolute atomic E-state index is 0.0154. The molecule has 10 heteroatoms. The Morgan fingerprint density at radius 2 is 1.88 bits per heavy atom. The van der Waals surface area contributed by atoms with Crippen LogP contribution in [0.1, 0.15) is 52.7 Å². The molecule has 42 heavy (non-hydrogen) atoms. The van der Waals surface area contributed by atoms with Crippen LogP contribution in [0.4, 0.5) is 19.6 Å². The monoisotopic (exact) mass is 584 g/mol. The van der Waals surface area contributed by atoms with Gasteiger partial charge in [-0.3, -0.25) is 9.69 Å². The lowest BCUT2D eigenvalue weighted by atomic mass is 10.0. The van der Waals surface area contributed by atoms with Crippen molar-refractivity contribution in [1.82, 2.24) is 9.88 Å². The number of nitrogens with zero attached hydrogens (tertiary/aromatic N) is 4. The summed E-state index contributed by atoms with van der Waals surface area (Å²) in [6.45, 7) is 2.27. The molecule has 3 aromatic carbocycles. The summed E-state index contributed by atoms with van der Waals surface area (Å²) in [5, 5.41) is 12.7. The first-order chi connectivity index (χ1) is 20.3. The number of carbonyl (C=O) groups is 1. The molecule has 0 radical (unpaired) electrons. The first-order valence-corrected chi connectivity index (χ1v) is 14.2. The molecule has 1 amide bonds. The third kappa shape index (κ3) is 6.98. The maximum Gasteiger partial charge on any atom is 0.387 e. The van der Waals surface area contributed by atoms with E-state index in [9.17, 15) is 18.8 Å². The van der Waals surface area contributed by atoms with E-state index in [0.29, 0.717) is 18.2 Å². The molecule has 0 fully saturated rings. The summed E-state index contributed by atoms with van der Waals surface area (Å²) in [4.78, 5) is 25.2. The maximum atomic E-state index is 12.8. The Hall–Kier alpha value is -4.64. The highest BCUT2D eigenvalue weighted by molar-refractivity contribution is 7.15. The number of rotatable bonds is 8. The van der Waals surface area contributed by atoms with Crippen molar-refractivity contribution in [3.05, 3.63) is 110 Å². The summed E-state index contributed by atoms with van der Waals surface area (Å²) in [6.07, 6.45) is 0.210. The molecule has 1 aliphatic heterocycles. The third-order valence-corrected chi connectivity index (χ3v) is 7.75. The van der Waals surface area contributed by atoms with E-state index in [2.05, 4.69) is 39.7 Å². The molecule has 212 valence electrons. The normalized spacial score (nSPS) is 14.3. The first-order valence-electron chi connectivity index (χ1n) is 13.4. The number of amides is 1. The largest absolute Gasteiger partial charge is 0.433 e. The summed E-state index contributed by atoms with van der Waals surface area (Å²) >= 11 is 1.45. The molecule has 1 atom stereocenters. The van der Waals surface area contributed by atoms with Crippen LogP contribution in [0.25, 0.3) is 4.85 Å². The molecule has 0 saturated carbocycles. The summed E-state index contributed by atoms with van der Waals surface area (Å²) in [6, 6.07) is 26.7. The van der Waals surface area contributed by atoms with E-state index < -0.39 is 6.61 Å². The Balaban J connectivity index is 1.22. The SMILES string of the molecule is CC(C)[C@H]1c2nc(NC(=O)Cc3ccc(C#[N+]c4ccccc4)cc3)sc2CN1Cc1ccc(C#N)c(OC(F)F)c1. The van der Waals surface area contributed by atoms with Crippen molar-refractivity contribution >= 4 is 28.1 Å². The van der Waals surface area contributed by atoms with Gasteiger partial charge >= 0.3 is 18.4 Å². The molecular formula is C32H28F2N5O2S+. The number of hydrogen-bond donors (Lipinski definition) is 1. The van der Waals surface area contributed by atoms with Crippen molar-refractivity contribution < 1.29 is 18.3 Å². The van der Waals surface area contributed by atoms with E-state index in [4.69, 9.17) is 4.98 Å². The van der Waals surface area contributed by atoms with E-state index in [0.717, 1.165) is 32.9 Å². The van der Waals surface area contributed by atoms with Gasteiger partial charge in [-0.15, -0.1) is 11.3 Å². The highest BCUT2D eigenvalue weighted by Crippen LogP contribution is 2.43. The van der Waals surface area contributed by atoms with Gasteiger partial charge in [0.1, 0.15) is 17.4 Å². The van der Waals surface area contributed by atoms with E-state index in [1.54, 1.807) is 6.07 Å². The predicted octanol–water partition coefficient (Wildman–Crippen LogP) is 7.52. The Bertz CT molecular complexity index is 1670. The molecule has 1 aromatic heterocycles. The molecule has 7 nitrogen and oxygen atoms in total. The Kier molecular flexibility index (Phi) is 8.87. The fraction of sp³-hybridized carbons (Fsp3) is 0.250. The molecule has 0 saturated heterocycles. The zero-order chi connectivity index (χ0) is 29.6. The zero-order valence-corrected chi connectivity index (χ0v) is 23.9. The third-order valence-electron chi connectivity index (χ3n) is 6.78. The van der Waals surface area contributed by atoms with Crippen molar-refractivity contribution in [3.8, 4) is 17.9 Å². The first kappa shape index (κ1) is 28.9. The van der Waals surface area contributed by atoms with Crippen molar-refractivity contribution in [2.75, 3.05) is 5.32 Å². The average molecular weight is 585 g/mol. The summed E-state index contributed by atoms with van der Waals surface area (Å²) in [5.74, 6) is -0.0664. The average Bonchev–Trinajstić information content (AvgIpc) is 3.49. The lowest BCUT2D eigenvalue weighted by molar-refractivity contribution is -0.115. The second-order valence-corrected chi connectivity index (χ2v) is 11.3. The number of halogens is 2. The number of ether oxygens (including phenoxy) is 1. The number of para-hydroxylation sites is 1. The smallest absolute Gasteiger partial charge is 0.387 e. The molecule has 0 spiro atoms. The number of fused-ring (bicyclic) bond motifs is 1. The van der Waals surface area contributed by atoms with Crippen LogP contribution in [0.3, 0.4) is 0 Å². The highest BCUT2D eigenvalue weighted by atomic mass is 32.1. The Morgan fingerprint density at radius 3 is 2.57 bits per heavy atom. The van der Waals surface area contributed by atoms with E-state index in [-0.39, 0.29) is 35.6 Å². The van der Waals surface area contributed by atoms with Crippen LogP contribution >= 0.6 is 11.3 Å². The number of anilines is 1. The lowest BCUT2D eigenvalue weighted by Gasteiger charge is -2.27. The zero-order valence-electron chi connectivity index (χ0n) is 23.1. The van der Waals surface area contributed by atoms with Crippen LogP contribution in [-0.4, -0.2) is 22.4 Å². The minimum Gasteiger partial charge on any atom is -0.433 e. The Morgan fingerprint density at radius 1 is 1.14 bits per heavy atom. The quantitative estimate of drug-likeness (QED) is 0.232. The van der Waals surface area contributed by atoms with Gasteiger partial charge in [-0.1, -0.05) is 50.2 Å². The summed E-state index contributed by atoms with van der Waals surface area (Å²) in [7, 11) is 0. The topological polar surface area (TPSA) is 82.6 Å². The fourth-order valence-electron chi connectivity index (χ4n) is 4.97. The van der Waals surface area contributed by atoms with Gasteiger partial charge in [-0.2, -0.15) is 14.0 Å². The second kappa shape index (κ2) is 12.9. The Labute approximate surface area is 246 Å². The van der Waals surface area contributed by atoms with Crippen molar-refractivity contribution in [2.45, 2.75) is 46.0 Å². The summed E-state index contributed by atoms with van der Waals surface area (Å²) in [5.41, 5.74) is 4.25. The van der Waals surface area contributed by atoms with Gasteiger partial charge in [0.05, 0.1) is 23.7 Å². The van der Waals surface area contributed by atoms with Crippen molar-refractivity contribution in [2.24, 2.45) is 5.92 Å². The molecule has 0 aliphatic carbocycles. The minimum atomic E-state index is -3.01. The van der Waals surface area contributed by atoms with Gasteiger partial charge in [0.15, 0.2) is 5.13 Å². The van der Waals surface area contributed by atoms with Crippen LogP contribution in [0.2, 0.25) is 0 Å². The maximum absolute atomic E-state index is 12.8. The van der Waals surface area contributed by atoms with Crippen LogP contribution in [-0.2, 0) is 24.3 Å². The molecule has 0 unspecified atom stereocenters. The van der Waals surface area contributed by atoms with Crippen LogP contribution in [0.5, 0.6) is 5.75 Å². The number of benzene rings is 3. The van der Waals surface area contributed by atoms with Crippen LogP contribution in [0, 0.1) is 23.3 Å². The van der Waals surface area contributed by atoms with E-state index in [1.807, 2.05) is 60.7 Å².